The van der Waals surface area contributed by atoms with Crippen LogP contribution >= 0.6 is 11.8 Å². The van der Waals surface area contributed by atoms with Gasteiger partial charge in [-0.3, -0.25) is 9.59 Å². The molecule has 0 saturated carbocycles. The molecule has 1 aliphatic heterocycles. The normalized spacial score (nSPS) is 24.7. The van der Waals surface area contributed by atoms with Crippen molar-refractivity contribution < 1.29 is 9.59 Å². The Bertz CT molecular complexity index is 336. The summed E-state index contributed by atoms with van der Waals surface area (Å²) < 4.78 is 0. The molecule has 3 unspecified atom stereocenters. The second-order valence-electron chi connectivity index (χ2n) is 5.40. The minimum Gasteiger partial charge on any atom is -0.342 e. The predicted octanol–water partition coefficient (Wildman–Crippen LogP) is 2.28. The van der Waals surface area contributed by atoms with Gasteiger partial charge in [0.15, 0.2) is 0 Å². The van der Waals surface area contributed by atoms with Crippen molar-refractivity contribution in [1.29, 1.82) is 0 Å². The highest BCUT2D eigenvalue weighted by atomic mass is 32.2. The fourth-order valence-corrected chi connectivity index (χ4v) is 3.15. The number of carbonyl (C=O) groups excluding carboxylic acids is 2. The van der Waals surface area contributed by atoms with Gasteiger partial charge in [-0.05, 0) is 18.1 Å². The number of piperazine rings is 1. The maximum atomic E-state index is 12.7. The largest absolute Gasteiger partial charge is 0.342 e. The van der Waals surface area contributed by atoms with Crippen LogP contribution in [0.1, 0.15) is 47.0 Å². The molecule has 0 aromatic heterocycles. The van der Waals surface area contributed by atoms with Crippen LogP contribution < -0.4 is 5.32 Å². The molecule has 5 heteroatoms. The smallest absolute Gasteiger partial charge is 0.246 e. The molecule has 0 aromatic rings. The van der Waals surface area contributed by atoms with Gasteiger partial charge in [-0.1, -0.05) is 40.5 Å². The van der Waals surface area contributed by atoms with Gasteiger partial charge in [0.05, 0.1) is 0 Å². The quantitative estimate of drug-likeness (QED) is 0.700. The Kier molecular flexibility index (Phi) is 7.41. The van der Waals surface area contributed by atoms with E-state index in [1.807, 2.05) is 23.6 Å². The van der Waals surface area contributed by atoms with E-state index in [9.17, 15) is 9.59 Å². The highest BCUT2D eigenvalue weighted by Gasteiger charge is 2.41. The van der Waals surface area contributed by atoms with Crippen molar-refractivity contribution in [2.24, 2.45) is 5.92 Å². The topological polar surface area (TPSA) is 49.4 Å². The zero-order valence-electron chi connectivity index (χ0n) is 13.1. The standard InChI is InChI=1S/C15H28N2O2S/c1-5-8-12-14(18)16-13(11(4)6-2)15(19)17(12)9-10-20-7-3/h11-13H,5-10H2,1-4H3,(H,16,18). The molecule has 1 fully saturated rings. The second-order valence-corrected chi connectivity index (χ2v) is 6.80. The Morgan fingerprint density at radius 3 is 2.55 bits per heavy atom. The van der Waals surface area contributed by atoms with E-state index in [0.717, 1.165) is 30.8 Å². The molecule has 1 aliphatic rings. The predicted molar refractivity (Wildman–Crippen MR) is 84.8 cm³/mol. The van der Waals surface area contributed by atoms with Gasteiger partial charge in [-0.15, -0.1) is 0 Å². The lowest BCUT2D eigenvalue weighted by Crippen LogP contribution is -2.65. The van der Waals surface area contributed by atoms with Crippen LogP contribution in [0.15, 0.2) is 0 Å². The SMILES string of the molecule is CCCC1C(=O)NC(C(C)CC)C(=O)N1CCSCC. The molecule has 0 aliphatic carbocycles. The summed E-state index contributed by atoms with van der Waals surface area (Å²) >= 11 is 1.81. The lowest BCUT2D eigenvalue weighted by Gasteiger charge is -2.40. The number of carbonyl (C=O) groups is 2. The number of thioether (sulfide) groups is 1. The Balaban J connectivity index is 2.83. The first-order chi connectivity index (χ1) is 9.56. The van der Waals surface area contributed by atoms with Crippen LogP contribution in [0.3, 0.4) is 0 Å². The highest BCUT2D eigenvalue weighted by Crippen LogP contribution is 2.20. The highest BCUT2D eigenvalue weighted by molar-refractivity contribution is 7.99. The molecule has 0 bridgehead atoms. The van der Waals surface area contributed by atoms with Crippen LogP contribution in [-0.2, 0) is 9.59 Å². The lowest BCUT2D eigenvalue weighted by atomic mass is 9.93. The minimum atomic E-state index is -0.341. The maximum absolute atomic E-state index is 12.7. The zero-order chi connectivity index (χ0) is 15.1. The third-order valence-corrected chi connectivity index (χ3v) is 4.86. The minimum absolute atomic E-state index is 0.0262. The molecule has 20 heavy (non-hydrogen) atoms. The van der Waals surface area contributed by atoms with E-state index in [1.54, 1.807) is 0 Å². The molecule has 0 aromatic carbocycles. The first-order valence-electron chi connectivity index (χ1n) is 7.75. The van der Waals surface area contributed by atoms with Crippen LogP contribution in [0, 0.1) is 5.92 Å². The van der Waals surface area contributed by atoms with Crippen LogP contribution in [-0.4, -0.2) is 46.8 Å². The van der Waals surface area contributed by atoms with E-state index >= 15 is 0 Å². The van der Waals surface area contributed by atoms with Gasteiger partial charge in [-0.25, -0.2) is 0 Å². The summed E-state index contributed by atoms with van der Waals surface area (Å²) in [5, 5.41) is 2.94. The van der Waals surface area contributed by atoms with Crippen molar-refractivity contribution in [1.82, 2.24) is 10.2 Å². The van der Waals surface area contributed by atoms with Gasteiger partial charge < -0.3 is 10.2 Å². The van der Waals surface area contributed by atoms with Gasteiger partial charge in [0.25, 0.3) is 0 Å². The molecular formula is C15H28N2O2S. The molecule has 1 N–H and O–H groups in total. The number of nitrogens with zero attached hydrogens (tertiary/aromatic N) is 1. The number of hydrogen-bond donors (Lipinski definition) is 1. The average molecular weight is 300 g/mol. The van der Waals surface area contributed by atoms with Crippen molar-refractivity contribution in [2.45, 2.75) is 59.0 Å². The molecule has 0 spiro atoms. The Morgan fingerprint density at radius 1 is 1.30 bits per heavy atom. The van der Waals surface area contributed by atoms with Gasteiger partial charge in [0, 0.05) is 12.3 Å². The van der Waals surface area contributed by atoms with E-state index in [4.69, 9.17) is 0 Å². The van der Waals surface area contributed by atoms with E-state index < -0.39 is 0 Å². The molecule has 1 saturated heterocycles. The second kappa shape index (κ2) is 8.55. The summed E-state index contributed by atoms with van der Waals surface area (Å²) in [5.74, 6) is 2.27. The lowest BCUT2D eigenvalue weighted by molar-refractivity contribution is -0.150. The summed E-state index contributed by atoms with van der Waals surface area (Å²) in [4.78, 5) is 26.8. The molecular weight excluding hydrogens is 272 g/mol. The van der Waals surface area contributed by atoms with Crippen molar-refractivity contribution in [3.05, 3.63) is 0 Å². The summed E-state index contributed by atoms with van der Waals surface area (Å²) in [6.07, 6.45) is 2.56. The van der Waals surface area contributed by atoms with E-state index in [0.29, 0.717) is 6.54 Å². The zero-order valence-corrected chi connectivity index (χ0v) is 14.0. The number of rotatable bonds is 8. The van der Waals surface area contributed by atoms with E-state index in [2.05, 4.69) is 26.1 Å². The summed E-state index contributed by atoms with van der Waals surface area (Å²) in [7, 11) is 0. The van der Waals surface area contributed by atoms with Gasteiger partial charge in [0.2, 0.25) is 11.8 Å². The Hall–Kier alpha value is -0.710. The summed E-state index contributed by atoms with van der Waals surface area (Å²) in [5.41, 5.74) is 0. The first kappa shape index (κ1) is 17.3. The summed E-state index contributed by atoms with van der Waals surface area (Å²) in [6, 6.07) is -0.613. The average Bonchev–Trinajstić information content (AvgIpc) is 2.44. The number of hydrogen-bond acceptors (Lipinski definition) is 3. The molecule has 4 nitrogen and oxygen atoms in total. The molecule has 116 valence electrons. The fraction of sp³-hybridized carbons (Fsp3) is 0.867. The van der Waals surface area contributed by atoms with Crippen LogP contribution in [0.2, 0.25) is 0 Å². The molecule has 1 heterocycles. The molecule has 1 rings (SSSR count). The van der Waals surface area contributed by atoms with Crippen molar-refractivity contribution >= 4 is 23.6 Å². The molecule has 3 atom stereocenters. The van der Waals surface area contributed by atoms with Crippen LogP contribution in [0.25, 0.3) is 0 Å². The van der Waals surface area contributed by atoms with Gasteiger partial charge >= 0.3 is 0 Å². The van der Waals surface area contributed by atoms with Crippen LogP contribution in [0.5, 0.6) is 0 Å². The van der Waals surface area contributed by atoms with Crippen molar-refractivity contribution in [2.75, 3.05) is 18.1 Å². The first-order valence-corrected chi connectivity index (χ1v) is 8.90. The molecule has 0 radical (unpaired) electrons. The van der Waals surface area contributed by atoms with Gasteiger partial charge in [-0.2, -0.15) is 11.8 Å². The number of nitrogens with one attached hydrogen (secondary N) is 1. The third kappa shape index (κ3) is 4.14. The monoisotopic (exact) mass is 300 g/mol. The molecule has 2 amide bonds. The third-order valence-electron chi connectivity index (χ3n) is 3.98. The van der Waals surface area contributed by atoms with Gasteiger partial charge in [0.1, 0.15) is 12.1 Å². The van der Waals surface area contributed by atoms with E-state index in [1.165, 1.54) is 0 Å². The van der Waals surface area contributed by atoms with Crippen LogP contribution in [0.4, 0.5) is 0 Å². The Morgan fingerprint density at radius 2 is 2.00 bits per heavy atom. The number of amides is 2. The fourth-order valence-electron chi connectivity index (χ4n) is 2.54. The van der Waals surface area contributed by atoms with Crippen molar-refractivity contribution in [3.63, 3.8) is 0 Å². The Labute approximate surface area is 127 Å². The maximum Gasteiger partial charge on any atom is 0.246 e. The van der Waals surface area contributed by atoms with Crippen molar-refractivity contribution in [3.8, 4) is 0 Å². The van der Waals surface area contributed by atoms with E-state index in [-0.39, 0.29) is 29.8 Å². The summed E-state index contributed by atoms with van der Waals surface area (Å²) in [6.45, 7) is 8.93.